The van der Waals surface area contributed by atoms with Gasteiger partial charge in [0.1, 0.15) is 11.6 Å². The summed E-state index contributed by atoms with van der Waals surface area (Å²) in [6.07, 6.45) is 11.8. The third-order valence-corrected chi connectivity index (χ3v) is 5.41. The number of pyridine rings is 1. The minimum absolute atomic E-state index is 0.377. The molecule has 0 bridgehead atoms. The summed E-state index contributed by atoms with van der Waals surface area (Å²) in [5.74, 6) is 3.30. The Morgan fingerprint density at radius 3 is 2.79 bits per heavy atom. The van der Waals surface area contributed by atoms with Crippen LogP contribution in [0.3, 0.4) is 0 Å². The maximum absolute atomic E-state index is 4.78. The van der Waals surface area contributed by atoms with Crippen molar-refractivity contribution in [1.82, 2.24) is 24.5 Å². The van der Waals surface area contributed by atoms with Crippen molar-refractivity contribution >= 4 is 11.8 Å². The molecule has 1 fully saturated rings. The molecule has 0 aliphatic carbocycles. The van der Waals surface area contributed by atoms with Crippen LogP contribution < -0.4 is 9.80 Å². The molecule has 0 amide bonds. The predicted molar refractivity (Wildman–Crippen MR) is 111 cm³/mol. The molecule has 1 aliphatic heterocycles. The highest BCUT2D eigenvalue weighted by atomic mass is 15.3. The van der Waals surface area contributed by atoms with Crippen LogP contribution in [0.15, 0.2) is 49.2 Å². The van der Waals surface area contributed by atoms with Gasteiger partial charge in [-0.1, -0.05) is 0 Å². The molecule has 1 saturated heterocycles. The molecule has 1 atom stereocenters. The zero-order chi connectivity index (χ0) is 19.3. The lowest BCUT2D eigenvalue weighted by Gasteiger charge is -2.33. The zero-order valence-corrected chi connectivity index (χ0v) is 16.6. The lowest BCUT2D eigenvalue weighted by Crippen LogP contribution is -2.36. The largest absolute Gasteiger partial charge is 0.360 e. The number of imidazole rings is 1. The molecule has 0 N–H and O–H groups in total. The number of anilines is 2. The van der Waals surface area contributed by atoms with E-state index in [0.29, 0.717) is 5.92 Å². The Kier molecular flexibility index (Phi) is 5.50. The lowest BCUT2D eigenvalue weighted by molar-refractivity contribution is 0.471. The molecule has 0 saturated carbocycles. The van der Waals surface area contributed by atoms with Gasteiger partial charge < -0.3 is 14.4 Å². The van der Waals surface area contributed by atoms with Crippen LogP contribution in [0.25, 0.3) is 0 Å². The molecule has 7 nitrogen and oxygen atoms in total. The average molecular weight is 377 g/mol. The van der Waals surface area contributed by atoms with Crippen LogP contribution in [-0.2, 0) is 6.54 Å². The van der Waals surface area contributed by atoms with Crippen LogP contribution >= 0.6 is 0 Å². The van der Waals surface area contributed by atoms with E-state index >= 15 is 0 Å². The highest BCUT2D eigenvalue weighted by molar-refractivity contribution is 5.43. The first-order valence-corrected chi connectivity index (χ1v) is 9.93. The van der Waals surface area contributed by atoms with Gasteiger partial charge in [0.2, 0.25) is 5.95 Å². The number of hydrogen-bond acceptors (Lipinski definition) is 6. The van der Waals surface area contributed by atoms with E-state index in [0.717, 1.165) is 56.6 Å². The van der Waals surface area contributed by atoms with E-state index in [4.69, 9.17) is 9.97 Å². The first-order valence-electron chi connectivity index (χ1n) is 9.93. The van der Waals surface area contributed by atoms with Crippen LogP contribution in [0.4, 0.5) is 11.8 Å². The molecule has 0 radical (unpaired) electrons. The zero-order valence-electron chi connectivity index (χ0n) is 16.6. The van der Waals surface area contributed by atoms with Crippen molar-refractivity contribution in [1.29, 1.82) is 0 Å². The van der Waals surface area contributed by atoms with Gasteiger partial charge in [0.25, 0.3) is 0 Å². The third kappa shape index (κ3) is 3.98. The Bertz CT molecular complexity index is 893. The maximum Gasteiger partial charge on any atom is 0.227 e. The fourth-order valence-corrected chi connectivity index (χ4v) is 3.73. The van der Waals surface area contributed by atoms with E-state index < -0.39 is 0 Å². The minimum Gasteiger partial charge on any atom is -0.360 e. The molecule has 0 aromatic carbocycles. The molecule has 7 heteroatoms. The minimum atomic E-state index is 0.377. The summed E-state index contributed by atoms with van der Waals surface area (Å²) in [7, 11) is 2.06. The monoisotopic (exact) mass is 377 g/mol. The van der Waals surface area contributed by atoms with Gasteiger partial charge in [-0.25, -0.2) is 9.97 Å². The van der Waals surface area contributed by atoms with E-state index in [1.54, 1.807) is 0 Å². The quantitative estimate of drug-likeness (QED) is 0.658. The highest BCUT2D eigenvalue weighted by Crippen LogP contribution is 2.28. The SMILES string of the molecule is CCN(C)c1ccnc(N2CCCC(c3nccn3Cc3ccncc3)C2)n1. The predicted octanol–water partition coefficient (Wildman–Crippen LogP) is 2.96. The molecule has 1 unspecified atom stereocenters. The van der Waals surface area contributed by atoms with E-state index in [9.17, 15) is 0 Å². The lowest BCUT2D eigenvalue weighted by atomic mass is 9.97. The normalized spacial score (nSPS) is 16.9. The van der Waals surface area contributed by atoms with Gasteiger partial charge in [0, 0.05) is 70.1 Å². The number of hydrogen-bond donors (Lipinski definition) is 0. The Balaban J connectivity index is 1.51. The Morgan fingerprint density at radius 1 is 1.11 bits per heavy atom. The van der Waals surface area contributed by atoms with E-state index in [1.165, 1.54) is 5.56 Å². The van der Waals surface area contributed by atoms with Gasteiger partial charge >= 0.3 is 0 Å². The molecule has 3 aromatic heterocycles. The molecule has 0 spiro atoms. The fraction of sp³-hybridized carbons (Fsp3) is 0.429. The maximum atomic E-state index is 4.78. The first-order chi connectivity index (χ1) is 13.7. The van der Waals surface area contributed by atoms with Crippen molar-refractivity contribution in [3.05, 3.63) is 60.6 Å². The Morgan fingerprint density at radius 2 is 1.96 bits per heavy atom. The number of rotatable bonds is 6. The molecular weight excluding hydrogens is 350 g/mol. The van der Waals surface area contributed by atoms with E-state index in [2.05, 4.69) is 56.6 Å². The van der Waals surface area contributed by atoms with Crippen molar-refractivity contribution in [2.24, 2.45) is 0 Å². The summed E-state index contributed by atoms with van der Waals surface area (Å²) >= 11 is 0. The van der Waals surface area contributed by atoms with E-state index in [1.807, 2.05) is 30.9 Å². The average Bonchev–Trinajstić information content (AvgIpc) is 3.22. The molecule has 28 heavy (non-hydrogen) atoms. The molecule has 3 aromatic rings. The van der Waals surface area contributed by atoms with Gasteiger partial charge in [-0.15, -0.1) is 0 Å². The van der Waals surface area contributed by atoms with Gasteiger partial charge in [-0.3, -0.25) is 4.98 Å². The molecule has 4 rings (SSSR count). The topological polar surface area (TPSA) is 63.0 Å². The van der Waals surface area contributed by atoms with Crippen molar-refractivity contribution in [2.75, 3.05) is 36.5 Å². The van der Waals surface area contributed by atoms with Crippen molar-refractivity contribution in [2.45, 2.75) is 32.2 Å². The second-order valence-electron chi connectivity index (χ2n) is 7.28. The summed E-state index contributed by atoms with van der Waals surface area (Å²) < 4.78 is 2.26. The first kappa shape index (κ1) is 18.4. The molecular formula is C21H27N7. The van der Waals surface area contributed by atoms with Crippen LogP contribution in [0.5, 0.6) is 0 Å². The van der Waals surface area contributed by atoms with E-state index in [-0.39, 0.29) is 0 Å². The van der Waals surface area contributed by atoms with Crippen LogP contribution in [0.1, 0.15) is 37.1 Å². The Hall–Kier alpha value is -2.96. The summed E-state index contributed by atoms with van der Waals surface area (Å²) in [5, 5.41) is 0. The molecule has 1 aliphatic rings. The summed E-state index contributed by atoms with van der Waals surface area (Å²) in [6.45, 7) is 5.75. The van der Waals surface area contributed by atoms with Gasteiger partial charge in [-0.05, 0) is 43.5 Å². The third-order valence-electron chi connectivity index (χ3n) is 5.41. The number of piperidine rings is 1. The number of aromatic nitrogens is 5. The van der Waals surface area contributed by atoms with Crippen molar-refractivity contribution in [3.8, 4) is 0 Å². The summed E-state index contributed by atoms with van der Waals surface area (Å²) in [4.78, 5) is 22.6. The highest BCUT2D eigenvalue weighted by Gasteiger charge is 2.26. The summed E-state index contributed by atoms with van der Waals surface area (Å²) in [5.41, 5.74) is 1.24. The molecule has 4 heterocycles. The standard InChI is InChI=1S/C21H27N7/c1-3-26(2)19-8-11-24-21(25-19)28-13-4-5-18(16-28)20-23-12-14-27(20)15-17-6-9-22-10-7-17/h6-12,14,18H,3-5,13,15-16H2,1-2H3. The Labute approximate surface area is 166 Å². The van der Waals surface area contributed by atoms with Crippen molar-refractivity contribution in [3.63, 3.8) is 0 Å². The van der Waals surface area contributed by atoms with Crippen LogP contribution in [-0.4, -0.2) is 51.2 Å². The van der Waals surface area contributed by atoms with Gasteiger partial charge in [0.05, 0.1) is 0 Å². The summed E-state index contributed by atoms with van der Waals surface area (Å²) in [6, 6.07) is 6.08. The second-order valence-corrected chi connectivity index (χ2v) is 7.28. The fourth-order valence-electron chi connectivity index (χ4n) is 3.73. The van der Waals surface area contributed by atoms with Crippen LogP contribution in [0, 0.1) is 0 Å². The van der Waals surface area contributed by atoms with Crippen molar-refractivity contribution < 1.29 is 0 Å². The van der Waals surface area contributed by atoms with Gasteiger partial charge in [0.15, 0.2) is 0 Å². The van der Waals surface area contributed by atoms with Crippen LogP contribution in [0.2, 0.25) is 0 Å². The number of nitrogens with zero attached hydrogens (tertiary/aromatic N) is 7. The van der Waals surface area contributed by atoms with Gasteiger partial charge in [-0.2, -0.15) is 4.98 Å². The second kappa shape index (κ2) is 8.37. The molecule has 146 valence electrons. The smallest absolute Gasteiger partial charge is 0.227 e.